The first kappa shape index (κ1) is 23.9. The Kier molecular flexibility index (Phi) is 6.16. The molecule has 0 aliphatic carbocycles. The maximum atomic E-state index is 14.2. The molecule has 190 valence electrons. The number of fused-ring (bicyclic) bond motifs is 3. The second-order valence-corrected chi connectivity index (χ2v) is 9.99. The van der Waals surface area contributed by atoms with Crippen molar-refractivity contribution in [1.29, 1.82) is 0 Å². The van der Waals surface area contributed by atoms with Gasteiger partial charge in [-0.1, -0.05) is 60.2 Å². The van der Waals surface area contributed by atoms with E-state index < -0.39 is 6.17 Å². The van der Waals surface area contributed by atoms with E-state index in [1.54, 1.807) is 29.2 Å². The van der Waals surface area contributed by atoms with Gasteiger partial charge in [0.2, 0.25) is 0 Å². The Bertz CT molecular complexity index is 1500. The minimum Gasteiger partial charge on any atom is -0.362 e. The van der Waals surface area contributed by atoms with Crippen molar-refractivity contribution in [2.75, 3.05) is 28.2 Å². The van der Waals surface area contributed by atoms with Gasteiger partial charge in [0.15, 0.2) is 0 Å². The van der Waals surface area contributed by atoms with Gasteiger partial charge in [-0.05, 0) is 60.5 Å². The van der Waals surface area contributed by atoms with Gasteiger partial charge in [-0.15, -0.1) is 0 Å². The molecule has 2 aliphatic rings. The second kappa shape index (κ2) is 9.78. The van der Waals surface area contributed by atoms with Crippen LogP contribution in [0, 0.1) is 6.92 Å². The average molecular weight is 506 g/mol. The highest BCUT2D eigenvalue weighted by Crippen LogP contribution is 2.40. The van der Waals surface area contributed by atoms with E-state index in [1.165, 1.54) is 0 Å². The van der Waals surface area contributed by atoms with Crippen molar-refractivity contribution in [1.82, 2.24) is 0 Å². The summed E-state index contributed by atoms with van der Waals surface area (Å²) in [4.78, 5) is 30.6. The number of anilines is 3. The predicted octanol–water partition coefficient (Wildman–Crippen LogP) is 6.49. The second-order valence-electron chi connectivity index (χ2n) is 9.99. The van der Waals surface area contributed by atoms with E-state index in [1.807, 2.05) is 79.7 Å². The van der Waals surface area contributed by atoms with Crippen LogP contribution in [-0.4, -0.2) is 37.1 Å². The minimum atomic E-state index is -0.887. The number of carbonyl (C=O) groups excluding carboxylic acids is 2. The van der Waals surface area contributed by atoms with Crippen molar-refractivity contribution in [2.24, 2.45) is 0 Å². The largest absolute Gasteiger partial charge is 0.362 e. The lowest BCUT2D eigenvalue weighted by molar-refractivity contribution is 0.0983. The summed E-state index contributed by atoms with van der Waals surface area (Å²) < 4.78 is 14.2. The summed E-state index contributed by atoms with van der Waals surface area (Å²) in [5.41, 5.74) is 6.38. The molecule has 1 saturated heterocycles. The molecule has 2 atom stereocenters. The van der Waals surface area contributed by atoms with Gasteiger partial charge in [-0.2, -0.15) is 0 Å². The van der Waals surface area contributed by atoms with Gasteiger partial charge in [0, 0.05) is 36.3 Å². The molecule has 0 radical (unpaired) electrons. The topological polar surface area (TPSA) is 52.7 Å². The van der Waals surface area contributed by atoms with Crippen LogP contribution in [0.2, 0.25) is 0 Å². The van der Waals surface area contributed by atoms with Crippen LogP contribution >= 0.6 is 0 Å². The number of alkyl halides is 1. The molecule has 0 saturated carbocycles. The summed E-state index contributed by atoms with van der Waals surface area (Å²) in [6.45, 7) is 2.85. The van der Waals surface area contributed by atoms with Crippen LogP contribution in [0.25, 0.3) is 11.1 Å². The number of nitrogens with one attached hydrogen (secondary N) is 1. The summed E-state index contributed by atoms with van der Waals surface area (Å²) in [7, 11) is 0. The number of carbonyl (C=O) groups is 2. The zero-order valence-electron chi connectivity index (χ0n) is 21.1. The Hall–Kier alpha value is -4.45. The smallest absolute Gasteiger partial charge is 0.258 e. The molecule has 38 heavy (non-hydrogen) atoms. The van der Waals surface area contributed by atoms with Gasteiger partial charge in [-0.25, -0.2) is 4.39 Å². The molecule has 1 unspecified atom stereocenters. The van der Waals surface area contributed by atoms with Crippen LogP contribution in [0.1, 0.15) is 32.7 Å². The number of para-hydroxylation sites is 2. The molecule has 5 nitrogen and oxygen atoms in total. The third-order valence-corrected chi connectivity index (χ3v) is 7.41. The van der Waals surface area contributed by atoms with Crippen LogP contribution in [-0.2, 0) is 0 Å². The highest BCUT2D eigenvalue weighted by atomic mass is 19.1. The number of halogens is 1. The first-order valence-corrected chi connectivity index (χ1v) is 12.9. The Morgan fingerprint density at radius 3 is 2.26 bits per heavy atom. The molecule has 2 amide bonds. The Labute approximate surface area is 221 Å². The van der Waals surface area contributed by atoms with Gasteiger partial charge < -0.3 is 15.1 Å². The fourth-order valence-electron chi connectivity index (χ4n) is 5.48. The summed E-state index contributed by atoms with van der Waals surface area (Å²) in [6, 6.07) is 30.2. The molecule has 4 aromatic carbocycles. The van der Waals surface area contributed by atoms with Crippen molar-refractivity contribution in [3.63, 3.8) is 0 Å². The lowest BCUT2D eigenvalue weighted by Crippen LogP contribution is -2.48. The summed E-state index contributed by atoms with van der Waals surface area (Å²) in [5.74, 6) is -0.352. The lowest BCUT2D eigenvalue weighted by Gasteiger charge is -2.40. The van der Waals surface area contributed by atoms with Crippen LogP contribution in [0.3, 0.4) is 0 Å². The van der Waals surface area contributed by atoms with E-state index >= 15 is 0 Å². The van der Waals surface area contributed by atoms with Gasteiger partial charge in [0.05, 0.1) is 17.4 Å². The molecule has 6 heteroatoms. The van der Waals surface area contributed by atoms with Gasteiger partial charge in [-0.3, -0.25) is 9.59 Å². The monoisotopic (exact) mass is 505 g/mol. The van der Waals surface area contributed by atoms with Gasteiger partial charge in [0.1, 0.15) is 6.17 Å². The average Bonchev–Trinajstić information content (AvgIpc) is 3.33. The third-order valence-electron chi connectivity index (χ3n) is 7.41. The van der Waals surface area contributed by atoms with Crippen molar-refractivity contribution in [3.05, 3.63) is 114 Å². The molecule has 0 aromatic heterocycles. The van der Waals surface area contributed by atoms with Gasteiger partial charge >= 0.3 is 0 Å². The highest BCUT2D eigenvalue weighted by Gasteiger charge is 2.40. The number of aryl methyl sites for hydroxylation is 1. The third kappa shape index (κ3) is 4.43. The van der Waals surface area contributed by atoms with E-state index in [0.717, 1.165) is 28.1 Å². The molecule has 6 rings (SSSR count). The first-order valence-electron chi connectivity index (χ1n) is 12.9. The van der Waals surface area contributed by atoms with Crippen LogP contribution in [0.5, 0.6) is 0 Å². The molecule has 1 fully saturated rings. The van der Waals surface area contributed by atoms with Crippen molar-refractivity contribution in [2.45, 2.75) is 25.6 Å². The molecule has 4 aromatic rings. The molecule has 0 bridgehead atoms. The van der Waals surface area contributed by atoms with Crippen LogP contribution in [0.4, 0.5) is 21.5 Å². The molecule has 1 N–H and O–H groups in total. The number of rotatable bonds is 4. The first-order chi connectivity index (χ1) is 18.5. The fraction of sp³-hybridized carbons (Fsp3) is 0.188. The maximum absolute atomic E-state index is 14.2. The van der Waals surface area contributed by atoms with E-state index in [-0.39, 0.29) is 17.9 Å². The molecular formula is C32H28FN3O2. The van der Waals surface area contributed by atoms with E-state index in [2.05, 4.69) is 10.2 Å². The zero-order valence-corrected chi connectivity index (χ0v) is 21.1. The number of benzene rings is 4. The lowest BCUT2D eigenvalue weighted by atomic mass is 9.98. The summed E-state index contributed by atoms with van der Waals surface area (Å²) >= 11 is 0. The number of amides is 2. The van der Waals surface area contributed by atoms with E-state index in [0.29, 0.717) is 36.3 Å². The van der Waals surface area contributed by atoms with E-state index in [9.17, 15) is 14.0 Å². The molecule has 0 spiro atoms. The standard InChI is InChI=1S/C32H28FN3O2/c1-21-10-12-22(13-11-21)27-6-2-3-7-28(27)31(37)34-25-16-14-23(15-17-25)32(38)36-20-26-18-24(33)19-35(26)29-8-4-5-9-30(29)36/h2-17,24,26H,18-20H2,1H3,(H,34,37)/t24?,26-/m1/s1. The summed E-state index contributed by atoms with van der Waals surface area (Å²) in [5, 5.41) is 2.96. The van der Waals surface area contributed by atoms with Crippen molar-refractivity contribution < 1.29 is 14.0 Å². The Morgan fingerprint density at radius 1 is 0.816 bits per heavy atom. The normalized spacial score (nSPS) is 18.1. The van der Waals surface area contributed by atoms with Crippen molar-refractivity contribution in [3.8, 4) is 11.1 Å². The molecule has 2 aliphatic heterocycles. The number of hydrogen-bond donors (Lipinski definition) is 1. The maximum Gasteiger partial charge on any atom is 0.258 e. The number of nitrogens with zero attached hydrogens (tertiary/aromatic N) is 2. The minimum absolute atomic E-state index is 0.0315. The van der Waals surface area contributed by atoms with Gasteiger partial charge in [0.25, 0.3) is 11.8 Å². The molecular weight excluding hydrogens is 477 g/mol. The quantitative estimate of drug-likeness (QED) is 0.345. The van der Waals surface area contributed by atoms with Crippen LogP contribution < -0.4 is 15.1 Å². The Balaban J connectivity index is 1.21. The van der Waals surface area contributed by atoms with Crippen molar-refractivity contribution >= 4 is 28.9 Å². The number of hydrogen-bond acceptors (Lipinski definition) is 3. The fourth-order valence-corrected chi connectivity index (χ4v) is 5.48. The Morgan fingerprint density at radius 2 is 1.50 bits per heavy atom. The SMILES string of the molecule is Cc1ccc(-c2ccccc2C(=O)Nc2ccc(C(=O)N3C[C@H]4CC(F)CN4c4ccccc43)cc2)cc1. The highest BCUT2D eigenvalue weighted by molar-refractivity contribution is 6.10. The molecule has 2 heterocycles. The zero-order chi connectivity index (χ0) is 26.2. The predicted molar refractivity (Wildman–Crippen MR) is 150 cm³/mol. The van der Waals surface area contributed by atoms with Crippen LogP contribution in [0.15, 0.2) is 97.1 Å². The van der Waals surface area contributed by atoms with E-state index in [4.69, 9.17) is 0 Å². The summed E-state index contributed by atoms with van der Waals surface area (Å²) in [6.07, 6.45) is -0.463.